The Labute approximate surface area is 286 Å². The molecule has 0 aliphatic carbocycles. The third-order valence-corrected chi connectivity index (χ3v) is 10.3. The van der Waals surface area contributed by atoms with Gasteiger partial charge in [0.2, 0.25) is 0 Å². The number of pyridine rings is 1. The number of carboxylic acid groups (broad SMARTS) is 1. The highest BCUT2D eigenvalue weighted by Crippen LogP contribution is 2.41. The molecule has 14 heteroatoms. The summed E-state index contributed by atoms with van der Waals surface area (Å²) in [6.07, 6.45) is -6.73. The van der Waals surface area contributed by atoms with Crippen LogP contribution in [0.1, 0.15) is 59.3 Å². The Kier molecular flexibility index (Phi) is 10.8. The number of aliphatic carboxylic acids is 1. The number of alkyl halides is 5. The summed E-state index contributed by atoms with van der Waals surface area (Å²) in [6.45, 7) is 3.52. The average molecular weight is 721 g/mol. The van der Waals surface area contributed by atoms with Crippen LogP contribution < -0.4 is 10.9 Å². The number of carboxylic acids is 1. The fraction of sp³-hybridized carbons (Fsp3) is 0.333. The molecule has 0 radical (unpaired) electrons. The lowest BCUT2D eigenvalue weighted by molar-refractivity contribution is -0.149. The van der Waals surface area contributed by atoms with Crippen molar-refractivity contribution in [2.75, 3.05) is 18.9 Å². The van der Waals surface area contributed by atoms with Gasteiger partial charge in [-0.15, -0.1) is 0 Å². The number of aromatic nitrogens is 1. The second-order valence-electron chi connectivity index (χ2n) is 12.1. The monoisotopic (exact) mass is 720 g/mol. The highest BCUT2D eigenvalue weighted by Gasteiger charge is 2.41. The molecule has 2 heterocycles. The van der Waals surface area contributed by atoms with Gasteiger partial charge in [-0.05, 0) is 54.3 Å². The molecule has 4 unspecified atom stereocenters. The molecule has 5 rings (SSSR count). The molecule has 0 spiro atoms. The molecule has 0 saturated heterocycles. The molecule has 0 saturated carbocycles. The van der Waals surface area contributed by atoms with E-state index in [-0.39, 0.29) is 46.2 Å². The van der Waals surface area contributed by atoms with E-state index >= 15 is 4.39 Å². The second-order valence-corrected chi connectivity index (χ2v) is 13.6. The van der Waals surface area contributed by atoms with Crippen LogP contribution in [-0.2, 0) is 38.9 Å². The third-order valence-electron chi connectivity index (χ3n) is 8.77. The lowest BCUT2D eigenvalue weighted by atomic mass is 9.91. The van der Waals surface area contributed by atoms with E-state index in [2.05, 4.69) is 5.32 Å². The van der Waals surface area contributed by atoms with E-state index in [1.165, 1.54) is 36.6 Å². The van der Waals surface area contributed by atoms with E-state index in [4.69, 9.17) is 4.74 Å². The van der Waals surface area contributed by atoms with Gasteiger partial charge in [0.25, 0.3) is 11.5 Å². The van der Waals surface area contributed by atoms with Crippen LogP contribution in [0.3, 0.4) is 0 Å². The minimum Gasteiger partial charge on any atom is -0.479 e. The first-order chi connectivity index (χ1) is 23.5. The molecule has 2 N–H and O–H groups in total. The van der Waals surface area contributed by atoms with Crippen molar-refractivity contribution >= 4 is 16.8 Å². The van der Waals surface area contributed by atoms with Gasteiger partial charge in [-0.2, -0.15) is 13.2 Å². The van der Waals surface area contributed by atoms with E-state index in [0.29, 0.717) is 12.5 Å². The van der Waals surface area contributed by atoms with Gasteiger partial charge in [0.1, 0.15) is 10.8 Å². The second kappa shape index (κ2) is 14.5. The summed E-state index contributed by atoms with van der Waals surface area (Å²) in [6, 6.07) is 14.7. The van der Waals surface area contributed by atoms with E-state index < -0.39 is 81.5 Å². The van der Waals surface area contributed by atoms with Crippen LogP contribution in [-0.4, -0.2) is 44.9 Å². The molecule has 7 nitrogen and oxygen atoms in total. The maximum absolute atomic E-state index is 15.3. The number of fused-ring (bicyclic) bond motifs is 1. The predicted molar refractivity (Wildman–Crippen MR) is 175 cm³/mol. The van der Waals surface area contributed by atoms with Gasteiger partial charge in [-0.3, -0.25) is 13.6 Å². The quantitative estimate of drug-likeness (QED) is 0.119. The molecule has 50 heavy (non-hydrogen) atoms. The number of nitrogens with one attached hydrogen (secondary N) is 1. The van der Waals surface area contributed by atoms with Crippen molar-refractivity contribution in [3.8, 4) is 11.1 Å². The van der Waals surface area contributed by atoms with E-state index in [1.807, 2.05) is 0 Å². The van der Waals surface area contributed by atoms with Crippen LogP contribution in [0.25, 0.3) is 11.1 Å². The Balaban J connectivity index is 1.74. The van der Waals surface area contributed by atoms with Gasteiger partial charge in [0.05, 0.1) is 46.4 Å². The van der Waals surface area contributed by atoms with Crippen LogP contribution in [0.15, 0.2) is 82.6 Å². The lowest BCUT2D eigenvalue weighted by Crippen LogP contribution is -2.37. The van der Waals surface area contributed by atoms with E-state index in [9.17, 15) is 40.9 Å². The zero-order valence-electron chi connectivity index (χ0n) is 27.2. The van der Waals surface area contributed by atoms with Crippen molar-refractivity contribution in [3.05, 3.63) is 122 Å². The summed E-state index contributed by atoms with van der Waals surface area (Å²) < 4.78 is 107. The lowest BCUT2D eigenvalue weighted by Gasteiger charge is -2.28. The summed E-state index contributed by atoms with van der Waals surface area (Å²) in [5.41, 5.74) is -2.38. The minimum atomic E-state index is -4.94. The van der Waals surface area contributed by atoms with Gasteiger partial charge in [-0.25, -0.2) is 18.0 Å². The van der Waals surface area contributed by atoms with Crippen LogP contribution in [0.2, 0.25) is 0 Å². The van der Waals surface area contributed by atoms with Crippen molar-refractivity contribution in [1.82, 2.24) is 9.88 Å². The molecule has 0 bridgehead atoms. The molecular formula is C36H34F6N2O5S. The van der Waals surface area contributed by atoms with E-state index in [0.717, 1.165) is 24.3 Å². The molecule has 0 amide bonds. The van der Waals surface area contributed by atoms with Gasteiger partial charge < -0.3 is 15.2 Å². The third kappa shape index (κ3) is 7.57. The number of hydrogen-bond donors (Lipinski definition) is 2. The van der Waals surface area contributed by atoms with Gasteiger partial charge in [0.15, 0.2) is 6.10 Å². The zero-order valence-corrected chi connectivity index (χ0v) is 28.0. The van der Waals surface area contributed by atoms with Crippen molar-refractivity contribution in [2.24, 2.45) is 0 Å². The Bertz CT molecular complexity index is 1980. The smallest absolute Gasteiger partial charge is 0.416 e. The zero-order chi connectivity index (χ0) is 36.5. The number of nitrogens with zero attached hydrogens (tertiary/aromatic N) is 1. The maximum atomic E-state index is 15.3. The van der Waals surface area contributed by atoms with Crippen molar-refractivity contribution in [3.63, 3.8) is 0 Å². The number of rotatable bonds is 12. The standard InChI is InChI=1S/C36H34F6N2O5S/c1-20-25(18-26-27(36(40,41)42)13-8-14-28(26)37)33-44(32(45)30(20)23-11-7-12-24(17-23)35(3,38)39)29(19-50(33)48)31(22-9-5-4-6-10-22)43-15-16-49-21(2)34(46)47/h4-14,17,21,29,31,43H,15-16,18-19H2,1-3H3,(H,46,47). The van der Waals surface area contributed by atoms with Gasteiger partial charge in [0, 0.05) is 31.0 Å². The summed E-state index contributed by atoms with van der Waals surface area (Å²) in [4.78, 5) is 25.8. The number of carbonyl (C=O) groups is 1. The predicted octanol–water partition coefficient (Wildman–Crippen LogP) is 7.17. The normalized spacial score (nSPS) is 17.4. The highest BCUT2D eigenvalue weighted by atomic mass is 32.2. The molecule has 1 aliphatic heterocycles. The summed E-state index contributed by atoms with van der Waals surface area (Å²) in [7, 11) is -1.98. The Hall–Kier alpha value is -4.27. The molecule has 4 aromatic rings. The Morgan fingerprint density at radius 1 is 1.04 bits per heavy atom. The molecule has 1 aliphatic rings. The van der Waals surface area contributed by atoms with Crippen LogP contribution in [0.5, 0.6) is 0 Å². The van der Waals surface area contributed by atoms with Crippen LogP contribution in [0, 0.1) is 12.7 Å². The number of halogens is 6. The number of benzene rings is 3. The van der Waals surface area contributed by atoms with Crippen molar-refractivity contribution < 1.29 is 45.2 Å². The molecule has 1 aromatic heterocycles. The number of ether oxygens (including phenoxy) is 1. The first kappa shape index (κ1) is 37.0. The minimum absolute atomic E-state index is 0.00937. The Morgan fingerprint density at radius 3 is 2.36 bits per heavy atom. The maximum Gasteiger partial charge on any atom is 0.416 e. The van der Waals surface area contributed by atoms with Crippen LogP contribution >= 0.6 is 0 Å². The fourth-order valence-corrected chi connectivity index (χ4v) is 8.01. The molecule has 266 valence electrons. The summed E-state index contributed by atoms with van der Waals surface area (Å²) in [5.74, 6) is -5.78. The van der Waals surface area contributed by atoms with Crippen molar-refractivity contribution in [2.45, 2.75) is 62.5 Å². The van der Waals surface area contributed by atoms with E-state index in [1.54, 1.807) is 30.3 Å². The number of hydrogen-bond acceptors (Lipinski definition) is 5. The summed E-state index contributed by atoms with van der Waals surface area (Å²) >= 11 is 0. The molecule has 4 atom stereocenters. The van der Waals surface area contributed by atoms with Gasteiger partial charge >= 0.3 is 12.1 Å². The first-order valence-electron chi connectivity index (χ1n) is 15.6. The molecular weight excluding hydrogens is 686 g/mol. The summed E-state index contributed by atoms with van der Waals surface area (Å²) in [5, 5.41) is 12.3. The Morgan fingerprint density at radius 2 is 1.72 bits per heavy atom. The first-order valence-corrected chi connectivity index (χ1v) is 16.9. The SMILES string of the molecule is Cc1c(Cc2c(F)cccc2C(F)(F)F)c2n(c(=O)c1-c1cccc(C(C)(F)F)c1)C(C(NCCOC(C)C(=O)O)c1ccccc1)CS2=O. The fourth-order valence-electron chi connectivity index (χ4n) is 6.27. The topological polar surface area (TPSA) is 97.6 Å². The highest BCUT2D eigenvalue weighted by molar-refractivity contribution is 7.85. The average Bonchev–Trinajstić information content (AvgIpc) is 3.39. The van der Waals surface area contributed by atoms with Crippen molar-refractivity contribution in [1.29, 1.82) is 0 Å². The van der Waals surface area contributed by atoms with Gasteiger partial charge in [-0.1, -0.05) is 54.6 Å². The molecule has 3 aromatic carbocycles. The van der Waals surface area contributed by atoms with Crippen LogP contribution in [0.4, 0.5) is 26.3 Å². The molecule has 0 fully saturated rings. The largest absolute Gasteiger partial charge is 0.479 e.